The smallest absolute Gasteiger partial charge is 0.256 e. The molecule has 0 aliphatic carbocycles. The molecule has 0 aromatic carbocycles. The molecule has 1 atom stereocenters. The van der Waals surface area contributed by atoms with Crippen molar-refractivity contribution in [1.82, 2.24) is 24.8 Å². The summed E-state index contributed by atoms with van der Waals surface area (Å²) in [6.07, 6.45) is 7.14. The summed E-state index contributed by atoms with van der Waals surface area (Å²) in [7, 11) is 0. The van der Waals surface area contributed by atoms with E-state index in [-0.39, 0.29) is 35.9 Å². The van der Waals surface area contributed by atoms with Crippen molar-refractivity contribution in [2.75, 3.05) is 13.1 Å². The number of hydrogen-bond acceptors (Lipinski definition) is 5. The van der Waals surface area contributed by atoms with E-state index < -0.39 is 0 Å². The van der Waals surface area contributed by atoms with Crippen molar-refractivity contribution < 1.29 is 9.59 Å². The number of nitrogens with zero attached hydrogens (tertiary/aromatic N) is 4. The van der Waals surface area contributed by atoms with Gasteiger partial charge in [-0.15, -0.1) is 0 Å². The monoisotopic (exact) mass is 437 g/mol. The fraction of sp³-hybridized carbons (Fsp3) is 0.542. The molecule has 2 aliphatic heterocycles. The third-order valence-electron chi connectivity index (χ3n) is 6.81. The van der Waals surface area contributed by atoms with Gasteiger partial charge in [0, 0.05) is 43.4 Å². The number of rotatable bonds is 5. The third kappa shape index (κ3) is 4.06. The average molecular weight is 438 g/mol. The van der Waals surface area contributed by atoms with Crippen LogP contribution in [0.1, 0.15) is 78.6 Å². The summed E-state index contributed by atoms with van der Waals surface area (Å²) in [6.45, 7) is 7.38. The number of likely N-dealkylation sites (tertiary alicyclic amines) is 1. The lowest BCUT2D eigenvalue weighted by molar-refractivity contribution is -0.136. The molecule has 2 aromatic rings. The van der Waals surface area contributed by atoms with Crippen LogP contribution < -0.4 is 5.56 Å². The zero-order valence-corrected chi connectivity index (χ0v) is 19.1. The van der Waals surface area contributed by atoms with E-state index in [1.807, 2.05) is 25.7 Å². The van der Waals surface area contributed by atoms with Crippen molar-refractivity contribution in [3.63, 3.8) is 0 Å². The SMILES string of the molecule is CCC(CC)C(=O)N1CCCC1c1nc2c(c(=O)[nH]1)CN(C(=O)c1ccncc1C)CC2. The van der Waals surface area contributed by atoms with E-state index in [0.717, 1.165) is 36.9 Å². The first-order valence-electron chi connectivity index (χ1n) is 11.6. The van der Waals surface area contributed by atoms with Gasteiger partial charge in [-0.25, -0.2) is 4.98 Å². The summed E-state index contributed by atoms with van der Waals surface area (Å²) in [6, 6.07) is 1.53. The van der Waals surface area contributed by atoms with Gasteiger partial charge in [0.1, 0.15) is 5.82 Å². The molecule has 0 radical (unpaired) electrons. The zero-order chi connectivity index (χ0) is 22.8. The van der Waals surface area contributed by atoms with Gasteiger partial charge in [0.25, 0.3) is 11.5 Å². The first-order chi connectivity index (χ1) is 15.4. The Labute approximate surface area is 188 Å². The van der Waals surface area contributed by atoms with E-state index in [1.54, 1.807) is 23.4 Å². The fourth-order valence-corrected chi connectivity index (χ4v) is 4.85. The Hall–Kier alpha value is -3.03. The van der Waals surface area contributed by atoms with Crippen LogP contribution in [0, 0.1) is 12.8 Å². The van der Waals surface area contributed by atoms with Gasteiger partial charge in [-0.1, -0.05) is 13.8 Å². The molecule has 1 unspecified atom stereocenters. The van der Waals surface area contributed by atoms with E-state index in [0.29, 0.717) is 36.5 Å². The molecule has 0 bridgehead atoms. The standard InChI is InChI=1S/C24H31N5O3/c1-4-16(5-2)23(31)29-11-6-7-20(29)21-26-19-9-12-28(14-18(19)22(30)27-21)24(32)17-8-10-25-13-15(17)3/h8,10,13,16,20H,4-7,9,11-12,14H2,1-3H3,(H,26,27,30). The predicted molar refractivity (Wildman–Crippen MR) is 120 cm³/mol. The number of H-pyrrole nitrogens is 1. The maximum atomic E-state index is 13.0. The van der Waals surface area contributed by atoms with Gasteiger partial charge in [-0.05, 0) is 44.2 Å². The molecule has 1 N–H and O–H groups in total. The highest BCUT2D eigenvalue weighted by molar-refractivity contribution is 5.95. The molecule has 0 saturated carbocycles. The molecule has 8 heteroatoms. The molecule has 0 spiro atoms. The van der Waals surface area contributed by atoms with Gasteiger partial charge in [-0.2, -0.15) is 0 Å². The fourth-order valence-electron chi connectivity index (χ4n) is 4.85. The summed E-state index contributed by atoms with van der Waals surface area (Å²) in [4.78, 5) is 54.3. The number of hydrogen-bond donors (Lipinski definition) is 1. The summed E-state index contributed by atoms with van der Waals surface area (Å²) in [5.41, 5.74) is 2.48. The van der Waals surface area contributed by atoms with Crippen molar-refractivity contribution in [2.45, 2.75) is 65.5 Å². The number of aryl methyl sites for hydroxylation is 1. The van der Waals surface area contributed by atoms with Gasteiger partial charge >= 0.3 is 0 Å². The Balaban J connectivity index is 1.57. The average Bonchev–Trinajstić information content (AvgIpc) is 3.29. The van der Waals surface area contributed by atoms with Gasteiger partial charge in [0.2, 0.25) is 5.91 Å². The van der Waals surface area contributed by atoms with Crippen LogP contribution in [-0.4, -0.2) is 49.7 Å². The van der Waals surface area contributed by atoms with E-state index in [2.05, 4.69) is 9.97 Å². The molecule has 4 heterocycles. The number of amides is 2. The normalized spacial score (nSPS) is 18.2. The van der Waals surface area contributed by atoms with Crippen LogP contribution in [0.5, 0.6) is 0 Å². The Morgan fingerprint density at radius 3 is 2.75 bits per heavy atom. The van der Waals surface area contributed by atoms with Crippen molar-refractivity contribution >= 4 is 11.8 Å². The van der Waals surface area contributed by atoms with Gasteiger partial charge in [-0.3, -0.25) is 19.4 Å². The topological polar surface area (TPSA) is 99.3 Å². The van der Waals surface area contributed by atoms with Gasteiger partial charge in [0.15, 0.2) is 0 Å². The molecule has 1 fully saturated rings. The van der Waals surface area contributed by atoms with Crippen LogP contribution in [0.25, 0.3) is 0 Å². The first-order valence-corrected chi connectivity index (χ1v) is 11.6. The molecule has 2 aromatic heterocycles. The lowest BCUT2D eigenvalue weighted by Crippen LogP contribution is -2.41. The first kappa shape index (κ1) is 22.2. The Morgan fingerprint density at radius 1 is 1.25 bits per heavy atom. The maximum absolute atomic E-state index is 13.0. The quantitative estimate of drug-likeness (QED) is 0.775. The number of aromatic amines is 1. The molecular weight excluding hydrogens is 406 g/mol. The second-order valence-electron chi connectivity index (χ2n) is 8.75. The number of nitrogens with one attached hydrogen (secondary N) is 1. The minimum atomic E-state index is -0.212. The third-order valence-corrected chi connectivity index (χ3v) is 6.81. The molecule has 170 valence electrons. The summed E-state index contributed by atoms with van der Waals surface area (Å²) < 4.78 is 0. The van der Waals surface area contributed by atoms with Crippen molar-refractivity contribution in [3.05, 3.63) is 57.0 Å². The summed E-state index contributed by atoms with van der Waals surface area (Å²) in [5.74, 6) is 0.644. The summed E-state index contributed by atoms with van der Waals surface area (Å²) in [5, 5.41) is 0. The predicted octanol–water partition coefficient (Wildman–Crippen LogP) is 2.77. The molecule has 32 heavy (non-hydrogen) atoms. The molecule has 2 amide bonds. The number of fused-ring (bicyclic) bond motifs is 1. The van der Waals surface area contributed by atoms with Crippen molar-refractivity contribution in [1.29, 1.82) is 0 Å². The number of aromatic nitrogens is 3. The van der Waals surface area contributed by atoms with Crippen LogP contribution >= 0.6 is 0 Å². The van der Waals surface area contributed by atoms with Crippen LogP contribution in [-0.2, 0) is 17.8 Å². The lowest BCUT2D eigenvalue weighted by atomic mass is 10.0. The molecule has 2 aliphatic rings. The van der Waals surface area contributed by atoms with E-state index in [1.165, 1.54) is 0 Å². The van der Waals surface area contributed by atoms with Crippen molar-refractivity contribution in [3.8, 4) is 0 Å². The maximum Gasteiger partial charge on any atom is 0.256 e. The van der Waals surface area contributed by atoms with Crippen LogP contribution in [0.4, 0.5) is 0 Å². The van der Waals surface area contributed by atoms with E-state index >= 15 is 0 Å². The van der Waals surface area contributed by atoms with Crippen molar-refractivity contribution in [2.24, 2.45) is 5.92 Å². The van der Waals surface area contributed by atoms with Crippen LogP contribution in [0.15, 0.2) is 23.3 Å². The number of carbonyl (C=O) groups excluding carboxylic acids is 2. The second-order valence-corrected chi connectivity index (χ2v) is 8.75. The minimum absolute atomic E-state index is 0.0103. The Bertz CT molecular complexity index is 1080. The van der Waals surface area contributed by atoms with Gasteiger partial charge in [0.05, 0.1) is 23.8 Å². The Kier molecular flexibility index (Phi) is 6.39. The minimum Gasteiger partial charge on any atom is -0.334 e. The largest absolute Gasteiger partial charge is 0.334 e. The molecule has 4 rings (SSSR count). The zero-order valence-electron chi connectivity index (χ0n) is 19.1. The van der Waals surface area contributed by atoms with E-state index in [9.17, 15) is 14.4 Å². The second kappa shape index (κ2) is 9.22. The highest BCUT2D eigenvalue weighted by Crippen LogP contribution is 2.32. The van der Waals surface area contributed by atoms with E-state index in [4.69, 9.17) is 4.98 Å². The molecule has 8 nitrogen and oxygen atoms in total. The summed E-state index contributed by atoms with van der Waals surface area (Å²) >= 11 is 0. The highest BCUT2D eigenvalue weighted by Gasteiger charge is 2.35. The number of carbonyl (C=O) groups is 2. The highest BCUT2D eigenvalue weighted by atomic mass is 16.2. The van der Waals surface area contributed by atoms with Crippen LogP contribution in [0.3, 0.4) is 0 Å². The lowest BCUT2D eigenvalue weighted by Gasteiger charge is -2.30. The van der Waals surface area contributed by atoms with Gasteiger partial charge < -0.3 is 14.8 Å². The molecular formula is C24H31N5O3. The molecule has 1 saturated heterocycles. The number of pyridine rings is 1. The van der Waals surface area contributed by atoms with Crippen LogP contribution in [0.2, 0.25) is 0 Å². The Morgan fingerprint density at radius 2 is 2.03 bits per heavy atom.